The minimum absolute atomic E-state index is 0.266. The summed E-state index contributed by atoms with van der Waals surface area (Å²) in [5.74, 6) is 0.266. The van der Waals surface area contributed by atoms with Gasteiger partial charge in [-0.1, -0.05) is 19.1 Å². The standard InChI is InChI=1S/C14H23N3O2S/c1-2-12-5-7-14(8-6-12)16-20(18,19)17-9-3-4-13(10-15)11-17/h5-8,13,16H,2-4,9-11,15H2,1H3. The van der Waals surface area contributed by atoms with Crippen LogP contribution in [0.15, 0.2) is 24.3 Å². The van der Waals surface area contributed by atoms with Crippen molar-refractivity contribution >= 4 is 15.9 Å². The van der Waals surface area contributed by atoms with Gasteiger partial charge in [-0.3, -0.25) is 4.72 Å². The molecule has 1 saturated heterocycles. The summed E-state index contributed by atoms with van der Waals surface area (Å²) in [6, 6.07) is 7.50. The molecule has 0 saturated carbocycles. The van der Waals surface area contributed by atoms with Gasteiger partial charge < -0.3 is 5.73 Å². The number of benzene rings is 1. The monoisotopic (exact) mass is 297 g/mol. The van der Waals surface area contributed by atoms with Crippen LogP contribution in [0.2, 0.25) is 0 Å². The largest absolute Gasteiger partial charge is 0.330 e. The van der Waals surface area contributed by atoms with Crippen LogP contribution in [0.1, 0.15) is 25.3 Å². The Labute approximate surface area is 121 Å². The fourth-order valence-corrected chi connectivity index (χ4v) is 3.80. The fraction of sp³-hybridized carbons (Fsp3) is 0.571. The molecule has 1 aromatic rings. The van der Waals surface area contributed by atoms with Crippen molar-refractivity contribution in [2.75, 3.05) is 24.4 Å². The van der Waals surface area contributed by atoms with Gasteiger partial charge in [-0.25, -0.2) is 0 Å². The van der Waals surface area contributed by atoms with Crippen molar-refractivity contribution in [3.05, 3.63) is 29.8 Å². The van der Waals surface area contributed by atoms with Crippen molar-refractivity contribution in [1.82, 2.24) is 4.31 Å². The Morgan fingerprint density at radius 3 is 2.65 bits per heavy atom. The molecule has 2 rings (SSSR count). The first-order valence-corrected chi connectivity index (χ1v) is 8.56. The predicted octanol–water partition coefficient (Wildman–Crippen LogP) is 1.58. The van der Waals surface area contributed by atoms with E-state index in [0.717, 1.165) is 19.3 Å². The Hall–Kier alpha value is -1.11. The number of anilines is 1. The Balaban J connectivity index is 2.05. The molecule has 0 bridgehead atoms. The van der Waals surface area contributed by atoms with Crippen LogP contribution in [0.4, 0.5) is 5.69 Å². The van der Waals surface area contributed by atoms with Crippen LogP contribution < -0.4 is 10.5 Å². The molecule has 1 aliphatic rings. The highest BCUT2D eigenvalue weighted by Crippen LogP contribution is 2.20. The summed E-state index contributed by atoms with van der Waals surface area (Å²) in [6.45, 7) is 3.69. The Morgan fingerprint density at radius 2 is 2.05 bits per heavy atom. The second-order valence-electron chi connectivity index (χ2n) is 5.26. The average molecular weight is 297 g/mol. The number of nitrogens with two attached hydrogens (primary N) is 1. The van der Waals surface area contributed by atoms with E-state index in [2.05, 4.69) is 11.6 Å². The minimum Gasteiger partial charge on any atom is -0.330 e. The molecule has 0 aliphatic carbocycles. The highest BCUT2D eigenvalue weighted by molar-refractivity contribution is 7.90. The zero-order valence-electron chi connectivity index (χ0n) is 11.9. The molecule has 5 nitrogen and oxygen atoms in total. The summed E-state index contributed by atoms with van der Waals surface area (Å²) >= 11 is 0. The summed E-state index contributed by atoms with van der Waals surface area (Å²) in [7, 11) is -3.47. The normalized spacial score (nSPS) is 20.8. The smallest absolute Gasteiger partial charge is 0.301 e. The maximum Gasteiger partial charge on any atom is 0.301 e. The molecule has 20 heavy (non-hydrogen) atoms. The van der Waals surface area contributed by atoms with Crippen LogP contribution in [-0.2, 0) is 16.6 Å². The Kier molecular flexibility index (Phi) is 5.01. The third-order valence-corrected chi connectivity index (χ3v) is 5.27. The van der Waals surface area contributed by atoms with Crippen molar-refractivity contribution in [1.29, 1.82) is 0 Å². The van der Waals surface area contributed by atoms with E-state index in [0.29, 0.717) is 25.3 Å². The van der Waals surface area contributed by atoms with Gasteiger partial charge in [0.25, 0.3) is 0 Å². The molecule has 1 unspecified atom stereocenters. The van der Waals surface area contributed by atoms with Gasteiger partial charge in [-0.05, 0) is 49.4 Å². The number of aryl methyl sites for hydroxylation is 1. The van der Waals surface area contributed by atoms with Crippen molar-refractivity contribution in [3.8, 4) is 0 Å². The first-order valence-electron chi connectivity index (χ1n) is 7.12. The van der Waals surface area contributed by atoms with Crippen LogP contribution in [0, 0.1) is 5.92 Å². The highest BCUT2D eigenvalue weighted by Gasteiger charge is 2.28. The van der Waals surface area contributed by atoms with E-state index in [-0.39, 0.29) is 5.92 Å². The zero-order chi connectivity index (χ0) is 14.6. The maximum atomic E-state index is 12.3. The molecule has 0 aromatic heterocycles. The molecule has 0 amide bonds. The van der Waals surface area contributed by atoms with Gasteiger partial charge in [0, 0.05) is 18.8 Å². The number of hydrogen-bond donors (Lipinski definition) is 2. The summed E-state index contributed by atoms with van der Waals surface area (Å²) in [4.78, 5) is 0. The van der Waals surface area contributed by atoms with Crippen molar-refractivity contribution in [2.24, 2.45) is 11.7 Å². The van der Waals surface area contributed by atoms with Crippen LogP contribution in [0.25, 0.3) is 0 Å². The third kappa shape index (κ3) is 3.71. The predicted molar refractivity (Wildman–Crippen MR) is 81.7 cm³/mol. The molecule has 1 heterocycles. The summed E-state index contributed by atoms with van der Waals surface area (Å²) in [5.41, 5.74) is 7.45. The molecule has 1 aromatic carbocycles. The van der Waals surface area contributed by atoms with E-state index < -0.39 is 10.2 Å². The van der Waals surface area contributed by atoms with Crippen molar-refractivity contribution in [3.63, 3.8) is 0 Å². The highest BCUT2D eigenvalue weighted by atomic mass is 32.2. The fourth-order valence-electron chi connectivity index (χ4n) is 2.46. The molecular weight excluding hydrogens is 274 g/mol. The first kappa shape index (κ1) is 15.3. The molecule has 1 aliphatic heterocycles. The molecule has 1 fully saturated rings. The quantitative estimate of drug-likeness (QED) is 0.866. The van der Waals surface area contributed by atoms with E-state index in [1.54, 1.807) is 12.1 Å². The van der Waals surface area contributed by atoms with Gasteiger partial charge in [0.15, 0.2) is 0 Å². The molecule has 0 spiro atoms. The average Bonchev–Trinajstić information content (AvgIpc) is 2.48. The maximum absolute atomic E-state index is 12.3. The number of nitrogens with zero attached hydrogens (tertiary/aromatic N) is 1. The van der Waals surface area contributed by atoms with Crippen LogP contribution in [0.5, 0.6) is 0 Å². The van der Waals surface area contributed by atoms with Crippen LogP contribution >= 0.6 is 0 Å². The van der Waals surface area contributed by atoms with E-state index in [9.17, 15) is 8.42 Å². The number of rotatable bonds is 5. The van der Waals surface area contributed by atoms with Gasteiger partial charge in [0.2, 0.25) is 0 Å². The molecule has 6 heteroatoms. The molecule has 0 radical (unpaired) electrons. The Bertz CT molecular complexity index is 528. The first-order chi connectivity index (χ1) is 9.55. The molecule has 1 atom stereocenters. The lowest BCUT2D eigenvalue weighted by Gasteiger charge is -2.31. The van der Waals surface area contributed by atoms with Crippen molar-refractivity contribution in [2.45, 2.75) is 26.2 Å². The third-order valence-electron chi connectivity index (χ3n) is 3.76. The number of piperidine rings is 1. The second-order valence-corrected chi connectivity index (χ2v) is 6.93. The van der Waals surface area contributed by atoms with E-state index >= 15 is 0 Å². The molecular formula is C14H23N3O2S. The van der Waals surface area contributed by atoms with Gasteiger partial charge in [0.05, 0.1) is 0 Å². The lowest BCUT2D eigenvalue weighted by Crippen LogP contribution is -2.44. The molecule has 112 valence electrons. The van der Waals surface area contributed by atoms with Gasteiger partial charge in [-0.15, -0.1) is 0 Å². The Morgan fingerprint density at radius 1 is 1.35 bits per heavy atom. The lowest BCUT2D eigenvalue weighted by atomic mass is 10.0. The minimum atomic E-state index is -3.47. The van der Waals surface area contributed by atoms with Gasteiger partial charge >= 0.3 is 10.2 Å². The van der Waals surface area contributed by atoms with E-state index in [1.165, 1.54) is 9.87 Å². The van der Waals surface area contributed by atoms with Crippen LogP contribution in [0.3, 0.4) is 0 Å². The van der Waals surface area contributed by atoms with Gasteiger partial charge in [0.1, 0.15) is 0 Å². The van der Waals surface area contributed by atoms with E-state index in [4.69, 9.17) is 5.73 Å². The molecule has 3 N–H and O–H groups in total. The van der Waals surface area contributed by atoms with Gasteiger partial charge in [-0.2, -0.15) is 12.7 Å². The second kappa shape index (κ2) is 6.56. The number of nitrogens with one attached hydrogen (secondary N) is 1. The summed E-state index contributed by atoms with van der Waals surface area (Å²) in [6.07, 6.45) is 2.82. The number of hydrogen-bond acceptors (Lipinski definition) is 3. The van der Waals surface area contributed by atoms with Crippen LogP contribution in [-0.4, -0.2) is 32.4 Å². The summed E-state index contributed by atoms with van der Waals surface area (Å²) < 4.78 is 28.8. The topological polar surface area (TPSA) is 75.4 Å². The van der Waals surface area contributed by atoms with Crippen molar-refractivity contribution < 1.29 is 8.42 Å². The zero-order valence-corrected chi connectivity index (χ0v) is 12.7. The van der Waals surface area contributed by atoms with E-state index in [1.807, 2.05) is 12.1 Å². The lowest BCUT2D eigenvalue weighted by molar-refractivity contribution is 0.273. The summed E-state index contributed by atoms with van der Waals surface area (Å²) in [5, 5.41) is 0. The SMILES string of the molecule is CCc1ccc(NS(=O)(=O)N2CCCC(CN)C2)cc1.